The minimum absolute atomic E-state index is 0.239. The topological polar surface area (TPSA) is 65.1 Å². The first-order chi connectivity index (χ1) is 17.6. The number of aryl methyl sites for hydroxylation is 1. The molecule has 4 rings (SSSR count). The van der Waals surface area contributed by atoms with Gasteiger partial charge in [0.15, 0.2) is 0 Å². The van der Waals surface area contributed by atoms with E-state index in [9.17, 15) is 9.59 Å². The van der Waals surface area contributed by atoms with Gasteiger partial charge in [0.25, 0.3) is 0 Å². The number of nitrogens with zero attached hydrogens (tertiary/aromatic N) is 1. The van der Waals surface area contributed by atoms with E-state index in [1.54, 1.807) is 20.8 Å². The fourth-order valence-electron chi connectivity index (χ4n) is 4.68. The van der Waals surface area contributed by atoms with Gasteiger partial charge in [0.2, 0.25) is 0 Å². The third-order valence-corrected chi connectivity index (χ3v) is 6.68. The molecule has 1 atom stereocenters. The number of carbonyl (C=O) groups excluding carboxylic acids is 2. The molecule has 6 heteroatoms. The van der Waals surface area contributed by atoms with Crippen LogP contribution in [-0.4, -0.2) is 35.7 Å². The van der Waals surface area contributed by atoms with Gasteiger partial charge in [-0.25, -0.2) is 9.59 Å². The fraction of sp³-hybridized carbons (Fsp3) is 0.355. The van der Waals surface area contributed by atoms with Crippen LogP contribution < -0.4 is 4.74 Å². The first-order valence-corrected chi connectivity index (χ1v) is 12.5. The number of carbonyl (C=O) groups is 2. The second-order valence-electron chi connectivity index (χ2n) is 10.5. The molecule has 0 unspecified atom stereocenters. The Labute approximate surface area is 219 Å². The number of rotatable bonds is 5. The SMILES string of the molecule is COC(=O)[C@@H]1Cc2ccc(OCc3cccc(-c4ccccc4C)c3C)cc2CN1C(=O)OC(C)(C)C. The monoisotopic (exact) mass is 501 g/mol. The first kappa shape index (κ1) is 26.3. The zero-order valence-electron chi connectivity index (χ0n) is 22.5. The van der Waals surface area contributed by atoms with Crippen molar-refractivity contribution in [1.82, 2.24) is 4.90 Å². The summed E-state index contributed by atoms with van der Waals surface area (Å²) < 4.78 is 16.7. The Hall–Kier alpha value is -3.80. The molecule has 3 aromatic rings. The van der Waals surface area contributed by atoms with Crippen LogP contribution in [0.1, 0.15) is 48.6 Å². The van der Waals surface area contributed by atoms with Gasteiger partial charge in [0.1, 0.15) is 24.0 Å². The zero-order valence-corrected chi connectivity index (χ0v) is 22.5. The van der Waals surface area contributed by atoms with Crippen molar-refractivity contribution in [2.45, 2.75) is 65.8 Å². The highest BCUT2D eigenvalue weighted by molar-refractivity contribution is 5.82. The number of hydrogen-bond donors (Lipinski definition) is 0. The van der Waals surface area contributed by atoms with Gasteiger partial charge in [0.05, 0.1) is 13.7 Å². The highest BCUT2D eigenvalue weighted by Gasteiger charge is 2.37. The molecule has 0 aromatic heterocycles. The molecule has 0 saturated heterocycles. The number of benzene rings is 3. The summed E-state index contributed by atoms with van der Waals surface area (Å²) in [5.74, 6) is 0.251. The molecular formula is C31H35NO5. The lowest BCUT2D eigenvalue weighted by Gasteiger charge is -2.36. The number of esters is 1. The van der Waals surface area contributed by atoms with Crippen LogP contribution in [-0.2, 0) is 33.8 Å². The van der Waals surface area contributed by atoms with Gasteiger partial charge < -0.3 is 14.2 Å². The van der Waals surface area contributed by atoms with Gasteiger partial charge in [-0.1, -0.05) is 48.5 Å². The standard InChI is InChI=1S/C31H35NO5/c1-20-10-7-8-12-26(20)27-13-9-11-23(21(27)2)19-36-25-15-14-22-17-28(29(33)35-6)32(18-24(22)16-25)30(34)37-31(3,4)5/h7-16,28H,17-19H2,1-6H3/t28-/m0/s1. The van der Waals surface area contributed by atoms with Crippen LogP contribution in [0, 0.1) is 13.8 Å². The summed E-state index contributed by atoms with van der Waals surface area (Å²) in [4.78, 5) is 26.8. The Balaban J connectivity index is 1.54. The Morgan fingerprint density at radius 1 is 0.946 bits per heavy atom. The lowest BCUT2D eigenvalue weighted by molar-refractivity contribution is -0.147. The molecule has 1 heterocycles. The molecule has 0 fully saturated rings. The summed E-state index contributed by atoms with van der Waals surface area (Å²) in [5.41, 5.74) is 7.19. The van der Waals surface area contributed by atoms with Crippen LogP contribution in [0.5, 0.6) is 5.75 Å². The molecule has 1 amide bonds. The van der Waals surface area contributed by atoms with E-state index in [4.69, 9.17) is 14.2 Å². The van der Waals surface area contributed by atoms with Crippen LogP contribution in [0.4, 0.5) is 4.79 Å². The maximum Gasteiger partial charge on any atom is 0.411 e. The molecule has 1 aliphatic heterocycles. The lowest BCUT2D eigenvalue weighted by atomic mass is 9.93. The quantitative estimate of drug-likeness (QED) is 0.379. The molecule has 0 saturated carbocycles. The molecular weight excluding hydrogens is 466 g/mol. The van der Waals surface area contributed by atoms with Gasteiger partial charge in [-0.3, -0.25) is 4.90 Å². The molecule has 1 aliphatic rings. The molecule has 194 valence electrons. The maximum absolute atomic E-state index is 12.9. The Morgan fingerprint density at radius 3 is 2.38 bits per heavy atom. The number of hydrogen-bond acceptors (Lipinski definition) is 5. The predicted molar refractivity (Wildman–Crippen MR) is 143 cm³/mol. The van der Waals surface area contributed by atoms with E-state index in [-0.39, 0.29) is 6.54 Å². The summed E-state index contributed by atoms with van der Waals surface area (Å²) in [6, 6.07) is 19.8. The van der Waals surface area contributed by atoms with E-state index in [0.29, 0.717) is 18.8 Å². The van der Waals surface area contributed by atoms with Crippen molar-refractivity contribution in [2.24, 2.45) is 0 Å². The third kappa shape index (κ3) is 5.96. The summed E-state index contributed by atoms with van der Waals surface area (Å²) >= 11 is 0. The summed E-state index contributed by atoms with van der Waals surface area (Å²) in [6.45, 7) is 10.3. The van der Waals surface area contributed by atoms with E-state index in [0.717, 1.165) is 16.7 Å². The second-order valence-corrected chi connectivity index (χ2v) is 10.5. The maximum atomic E-state index is 12.9. The van der Waals surface area contributed by atoms with Crippen LogP contribution in [0.2, 0.25) is 0 Å². The third-order valence-electron chi connectivity index (χ3n) is 6.68. The molecule has 3 aromatic carbocycles. The van der Waals surface area contributed by atoms with Crippen molar-refractivity contribution in [3.63, 3.8) is 0 Å². The molecule has 0 radical (unpaired) electrons. The van der Waals surface area contributed by atoms with E-state index >= 15 is 0 Å². The molecule has 37 heavy (non-hydrogen) atoms. The van der Waals surface area contributed by atoms with E-state index in [2.05, 4.69) is 56.3 Å². The van der Waals surface area contributed by atoms with Crippen LogP contribution in [0.3, 0.4) is 0 Å². The normalized spacial score (nSPS) is 15.1. The van der Waals surface area contributed by atoms with Gasteiger partial charge in [-0.2, -0.15) is 0 Å². The Kier molecular flexibility index (Phi) is 7.58. The van der Waals surface area contributed by atoms with Gasteiger partial charge in [-0.15, -0.1) is 0 Å². The van der Waals surface area contributed by atoms with Crippen molar-refractivity contribution in [1.29, 1.82) is 0 Å². The molecule has 0 aliphatic carbocycles. The smallest absolute Gasteiger partial charge is 0.411 e. The predicted octanol–water partition coefficient (Wildman–Crippen LogP) is 6.38. The molecule has 6 nitrogen and oxygen atoms in total. The first-order valence-electron chi connectivity index (χ1n) is 12.5. The van der Waals surface area contributed by atoms with Crippen LogP contribution in [0.25, 0.3) is 11.1 Å². The Bertz CT molecular complexity index is 1310. The van der Waals surface area contributed by atoms with Crippen molar-refractivity contribution in [3.05, 3.63) is 88.5 Å². The molecule has 0 N–H and O–H groups in total. The minimum atomic E-state index is -0.731. The Morgan fingerprint density at radius 2 is 1.68 bits per heavy atom. The van der Waals surface area contributed by atoms with Crippen LogP contribution >= 0.6 is 0 Å². The summed E-state index contributed by atoms with van der Waals surface area (Å²) in [7, 11) is 1.33. The van der Waals surface area contributed by atoms with E-state index in [1.807, 2.05) is 18.2 Å². The summed E-state index contributed by atoms with van der Waals surface area (Å²) in [5, 5.41) is 0. The van der Waals surface area contributed by atoms with E-state index < -0.39 is 23.7 Å². The number of amides is 1. The minimum Gasteiger partial charge on any atom is -0.489 e. The average molecular weight is 502 g/mol. The van der Waals surface area contributed by atoms with Crippen molar-refractivity contribution in [2.75, 3.05) is 7.11 Å². The molecule has 0 bridgehead atoms. The van der Waals surface area contributed by atoms with Gasteiger partial charge >= 0.3 is 12.1 Å². The van der Waals surface area contributed by atoms with Gasteiger partial charge in [0, 0.05) is 6.42 Å². The lowest BCUT2D eigenvalue weighted by Crippen LogP contribution is -2.50. The van der Waals surface area contributed by atoms with Crippen molar-refractivity contribution in [3.8, 4) is 16.9 Å². The zero-order chi connectivity index (χ0) is 26.7. The van der Waals surface area contributed by atoms with Crippen molar-refractivity contribution >= 4 is 12.1 Å². The second kappa shape index (κ2) is 10.7. The van der Waals surface area contributed by atoms with Crippen LogP contribution in [0.15, 0.2) is 60.7 Å². The molecule has 0 spiro atoms. The largest absolute Gasteiger partial charge is 0.489 e. The van der Waals surface area contributed by atoms with Crippen molar-refractivity contribution < 1.29 is 23.8 Å². The fourth-order valence-corrected chi connectivity index (χ4v) is 4.68. The number of methoxy groups -OCH3 is 1. The van der Waals surface area contributed by atoms with E-state index in [1.165, 1.54) is 34.3 Å². The average Bonchev–Trinajstić information content (AvgIpc) is 2.86. The van der Waals surface area contributed by atoms with Gasteiger partial charge in [-0.05, 0) is 85.7 Å². The number of ether oxygens (including phenoxy) is 3. The summed E-state index contributed by atoms with van der Waals surface area (Å²) in [6.07, 6.45) is -0.178. The highest BCUT2D eigenvalue weighted by Crippen LogP contribution is 2.31. The number of fused-ring (bicyclic) bond motifs is 1. The highest BCUT2D eigenvalue weighted by atomic mass is 16.6.